The molecule has 0 fully saturated rings. The predicted molar refractivity (Wildman–Crippen MR) is 66.2 cm³/mol. The summed E-state index contributed by atoms with van der Waals surface area (Å²) < 4.78 is 59.5. The Morgan fingerprint density at radius 3 is 1.95 bits per heavy atom. The number of esters is 2. The van der Waals surface area contributed by atoms with E-state index in [0.29, 0.717) is 6.42 Å². The van der Waals surface area contributed by atoms with Crippen LogP contribution in [0.25, 0.3) is 0 Å². The highest BCUT2D eigenvalue weighted by molar-refractivity contribution is 5.76. The molecule has 0 saturated carbocycles. The topological polar surface area (TPSA) is 52.6 Å². The van der Waals surface area contributed by atoms with Gasteiger partial charge in [-0.05, 0) is 20.3 Å². The van der Waals surface area contributed by atoms with E-state index in [9.17, 15) is 27.2 Å². The quantitative estimate of drug-likeness (QED) is 0.510. The molecule has 0 rings (SSSR count). The molecule has 0 saturated heterocycles. The van der Waals surface area contributed by atoms with Gasteiger partial charge >= 0.3 is 23.8 Å². The minimum absolute atomic E-state index is 0.0371. The van der Waals surface area contributed by atoms with Crippen molar-refractivity contribution in [1.29, 1.82) is 0 Å². The molecule has 0 bridgehead atoms. The van der Waals surface area contributed by atoms with Crippen LogP contribution in [0.5, 0.6) is 0 Å². The Bertz CT molecular complexity index is 375. The first-order valence-corrected chi connectivity index (χ1v) is 6.42. The minimum atomic E-state index is -4.44. The van der Waals surface area contributed by atoms with E-state index in [0.717, 1.165) is 0 Å². The Morgan fingerprint density at radius 2 is 1.52 bits per heavy atom. The molecule has 0 aromatic rings. The SMILES string of the molecule is CCC(C)(C)C(=O)OCCC(=O)OCC(F)(F)C(C)(F)F. The summed E-state index contributed by atoms with van der Waals surface area (Å²) in [5, 5.41) is 0. The lowest BCUT2D eigenvalue weighted by molar-refractivity contribution is -0.222. The third kappa shape index (κ3) is 6.31. The molecule has 0 aromatic heterocycles. The van der Waals surface area contributed by atoms with Crippen LogP contribution in [0, 0.1) is 5.41 Å². The molecule has 0 amide bonds. The van der Waals surface area contributed by atoms with Gasteiger partial charge in [0.15, 0.2) is 6.61 Å². The monoisotopic (exact) mass is 316 g/mol. The van der Waals surface area contributed by atoms with Crippen LogP contribution in [-0.4, -0.2) is 37.0 Å². The van der Waals surface area contributed by atoms with Crippen molar-refractivity contribution in [3.05, 3.63) is 0 Å². The van der Waals surface area contributed by atoms with E-state index in [1.54, 1.807) is 20.8 Å². The highest BCUT2D eigenvalue weighted by Crippen LogP contribution is 2.33. The molecular formula is C13H20F4O4. The molecule has 0 spiro atoms. The van der Waals surface area contributed by atoms with Crippen molar-refractivity contribution >= 4 is 11.9 Å². The molecule has 4 nitrogen and oxygen atoms in total. The van der Waals surface area contributed by atoms with E-state index < -0.39 is 42.2 Å². The van der Waals surface area contributed by atoms with E-state index in [4.69, 9.17) is 4.74 Å². The summed E-state index contributed by atoms with van der Waals surface area (Å²) >= 11 is 0. The molecule has 0 aliphatic heterocycles. The van der Waals surface area contributed by atoms with E-state index in [-0.39, 0.29) is 13.5 Å². The van der Waals surface area contributed by atoms with Crippen molar-refractivity contribution in [2.75, 3.05) is 13.2 Å². The van der Waals surface area contributed by atoms with Crippen molar-refractivity contribution in [1.82, 2.24) is 0 Å². The lowest BCUT2D eigenvalue weighted by Crippen LogP contribution is -2.42. The summed E-state index contributed by atoms with van der Waals surface area (Å²) in [5.74, 6) is -10.4. The van der Waals surface area contributed by atoms with Gasteiger partial charge in [-0.25, -0.2) is 8.78 Å². The van der Waals surface area contributed by atoms with Crippen LogP contribution in [0.1, 0.15) is 40.5 Å². The normalized spacial score (nSPS) is 13.0. The summed E-state index contributed by atoms with van der Waals surface area (Å²) in [5.41, 5.74) is -0.721. The summed E-state index contributed by atoms with van der Waals surface area (Å²) in [4.78, 5) is 22.7. The first kappa shape index (κ1) is 19.7. The average Bonchev–Trinajstić information content (AvgIpc) is 2.34. The molecule has 0 aliphatic rings. The fourth-order valence-electron chi connectivity index (χ4n) is 0.937. The second-order valence-electron chi connectivity index (χ2n) is 5.38. The number of alkyl halides is 4. The largest absolute Gasteiger partial charge is 0.465 e. The number of carbonyl (C=O) groups excluding carboxylic acids is 2. The Kier molecular flexibility index (Phi) is 6.63. The Hall–Kier alpha value is -1.34. The Labute approximate surface area is 120 Å². The van der Waals surface area contributed by atoms with Gasteiger partial charge in [-0.3, -0.25) is 9.59 Å². The number of rotatable bonds is 8. The van der Waals surface area contributed by atoms with E-state index in [1.165, 1.54) is 0 Å². The van der Waals surface area contributed by atoms with E-state index in [1.807, 2.05) is 0 Å². The maximum atomic E-state index is 12.8. The standard InChI is InChI=1S/C13H20F4O4/c1-5-11(2,3)10(19)20-7-6-9(18)21-8-13(16,17)12(4,14)15/h5-8H2,1-4H3. The zero-order valence-electron chi connectivity index (χ0n) is 12.5. The van der Waals surface area contributed by atoms with Crippen LogP contribution < -0.4 is 0 Å². The molecular weight excluding hydrogens is 296 g/mol. The van der Waals surface area contributed by atoms with Crippen molar-refractivity contribution < 1.29 is 36.6 Å². The molecule has 0 radical (unpaired) electrons. The van der Waals surface area contributed by atoms with Gasteiger partial charge in [-0.15, -0.1) is 0 Å². The lowest BCUT2D eigenvalue weighted by atomic mass is 9.91. The fraction of sp³-hybridized carbons (Fsp3) is 0.846. The van der Waals surface area contributed by atoms with Gasteiger partial charge in [0, 0.05) is 6.92 Å². The second-order valence-corrected chi connectivity index (χ2v) is 5.38. The maximum Gasteiger partial charge on any atom is 0.343 e. The van der Waals surface area contributed by atoms with Crippen LogP contribution in [0.2, 0.25) is 0 Å². The highest BCUT2D eigenvalue weighted by Gasteiger charge is 2.53. The molecule has 124 valence electrons. The molecule has 0 aromatic carbocycles. The van der Waals surface area contributed by atoms with Crippen molar-refractivity contribution in [2.24, 2.45) is 5.41 Å². The first-order valence-electron chi connectivity index (χ1n) is 6.42. The number of carbonyl (C=O) groups is 2. The van der Waals surface area contributed by atoms with Gasteiger partial charge < -0.3 is 9.47 Å². The molecule has 8 heteroatoms. The molecule has 0 N–H and O–H groups in total. The third-order valence-corrected chi connectivity index (χ3v) is 3.03. The number of hydrogen-bond acceptors (Lipinski definition) is 4. The highest BCUT2D eigenvalue weighted by atomic mass is 19.3. The zero-order chi connectivity index (χ0) is 16.9. The van der Waals surface area contributed by atoms with Crippen LogP contribution in [-0.2, 0) is 19.1 Å². The van der Waals surface area contributed by atoms with Gasteiger partial charge in [-0.1, -0.05) is 6.92 Å². The third-order valence-electron chi connectivity index (χ3n) is 3.03. The molecule has 0 atom stereocenters. The molecule has 21 heavy (non-hydrogen) atoms. The van der Waals surface area contributed by atoms with E-state index >= 15 is 0 Å². The van der Waals surface area contributed by atoms with E-state index in [2.05, 4.69) is 4.74 Å². The number of halogens is 4. The van der Waals surface area contributed by atoms with Gasteiger partial charge in [0.25, 0.3) is 0 Å². The smallest absolute Gasteiger partial charge is 0.343 e. The molecule has 0 unspecified atom stereocenters. The summed E-state index contributed by atoms with van der Waals surface area (Å²) in [7, 11) is 0. The summed E-state index contributed by atoms with van der Waals surface area (Å²) in [6, 6.07) is 0. The van der Waals surface area contributed by atoms with Gasteiger partial charge in [0.1, 0.15) is 6.61 Å². The first-order chi connectivity index (χ1) is 9.33. The summed E-state index contributed by atoms with van der Waals surface area (Å²) in [6.45, 7) is 3.05. The van der Waals surface area contributed by atoms with Crippen LogP contribution in [0.3, 0.4) is 0 Å². The van der Waals surface area contributed by atoms with Crippen molar-refractivity contribution in [3.63, 3.8) is 0 Å². The number of ether oxygens (including phenoxy) is 2. The van der Waals surface area contributed by atoms with Crippen molar-refractivity contribution in [2.45, 2.75) is 52.4 Å². The minimum Gasteiger partial charge on any atom is -0.465 e. The Morgan fingerprint density at radius 1 is 1.00 bits per heavy atom. The lowest BCUT2D eigenvalue weighted by Gasteiger charge is -2.22. The van der Waals surface area contributed by atoms with Crippen LogP contribution in [0.4, 0.5) is 17.6 Å². The summed E-state index contributed by atoms with van der Waals surface area (Å²) in [6.07, 6.45) is 0.0466. The van der Waals surface area contributed by atoms with Gasteiger partial charge in [0.05, 0.1) is 11.8 Å². The zero-order valence-corrected chi connectivity index (χ0v) is 12.5. The van der Waals surface area contributed by atoms with Crippen LogP contribution in [0.15, 0.2) is 0 Å². The molecule has 0 heterocycles. The van der Waals surface area contributed by atoms with Gasteiger partial charge in [-0.2, -0.15) is 8.78 Å². The maximum absolute atomic E-state index is 12.8. The molecule has 0 aliphatic carbocycles. The number of hydrogen-bond donors (Lipinski definition) is 0. The predicted octanol–water partition coefficient (Wildman–Crippen LogP) is 3.19. The van der Waals surface area contributed by atoms with Gasteiger partial charge in [0.2, 0.25) is 0 Å². The second kappa shape index (κ2) is 7.09. The van der Waals surface area contributed by atoms with Crippen LogP contribution >= 0.6 is 0 Å². The van der Waals surface area contributed by atoms with Crippen molar-refractivity contribution in [3.8, 4) is 0 Å². The average molecular weight is 316 g/mol. The fourth-order valence-corrected chi connectivity index (χ4v) is 0.937. The Balaban J connectivity index is 4.12.